The molecule has 3 fully saturated rings. The summed E-state index contributed by atoms with van der Waals surface area (Å²) in [6, 6.07) is 0. The molecule has 0 amide bonds. The van der Waals surface area contributed by atoms with Crippen LogP contribution in [0, 0.1) is 11.8 Å². The summed E-state index contributed by atoms with van der Waals surface area (Å²) >= 11 is 0. The van der Waals surface area contributed by atoms with Gasteiger partial charge in [-0.1, -0.05) is 19.3 Å². The van der Waals surface area contributed by atoms with Gasteiger partial charge in [-0.3, -0.25) is 0 Å². The molecule has 2 atom stereocenters. The third kappa shape index (κ3) is 4.19. The topological polar surface area (TPSA) is 24.5 Å². The number of fused-ring (bicyclic) bond motifs is 1. The maximum atomic E-state index is 6.01. The zero-order chi connectivity index (χ0) is 13.6. The van der Waals surface area contributed by atoms with Crippen LogP contribution < -0.4 is 5.32 Å². The van der Waals surface area contributed by atoms with Crippen LogP contribution in [0.2, 0.25) is 0 Å². The highest BCUT2D eigenvalue weighted by molar-refractivity contribution is 4.83. The van der Waals surface area contributed by atoms with Crippen LogP contribution in [-0.4, -0.2) is 50.3 Å². The van der Waals surface area contributed by atoms with Crippen LogP contribution in [-0.2, 0) is 4.74 Å². The van der Waals surface area contributed by atoms with Crippen LogP contribution in [0.3, 0.4) is 0 Å². The molecular weight excluding hydrogens is 248 g/mol. The average Bonchev–Trinajstić information content (AvgIpc) is 2.52. The number of ether oxygens (including phenoxy) is 1. The Labute approximate surface area is 124 Å². The molecular formula is C17H32N2O. The Bertz CT molecular complexity index is 278. The van der Waals surface area contributed by atoms with Crippen LogP contribution >= 0.6 is 0 Å². The average molecular weight is 280 g/mol. The number of rotatable bonds is 5. The normalized spacial score (nSPS) is 33.0. The predicted octanol–water partition coefficient (Wildman–Crippen LogP) is 2.66. The third-order valence-electron chi connectivity index (χ3n) is 5.63. The minimum absolute atomic E-state index is 0.528. The molecule has 0 radical (unpaired) electrons. The molecule has 0 aromatic carbocycles. The standard InChI is InChI=1S/C17H32N2O/c1-2-5-16-14-19(12-8-15(16)4-1)11-3-13-20-17-6-9-18-10-7-17/h15-18H,1-14H2. The fraction of sp³-hybridized carbons (Fsp3) is 1.00. The molecule has 3 nitrogen and oxygen atoms in total. The van der Waals surface area contributed by atoms with Gasteiger partial charge in [0.05, 0.1) is 6.10 Å². The van der Waals surface area contributed by atoms with Gasteiger partial charge in [0.2, 0.25) is 0 Å². The molecule has 3 aliphatic rings. The monoisotopic (exact) mass is 280 g/mol. The summed E-state index contributed by atoms with van der Waals surface area (Å²) in [4.78, 5) is 2.71. The second kappa shape index (κ2) is 7.77. The van der Waals surface area contributed by atoms with Gasteiger partial charge in [-0.05, 0) is 63.6 Å². The van der Waals surface area contributed by atoms with Gasteiger partial charge in [0.25, 0.3) is 0 Å². The highest BCUT2D eigenvalue weighted by Crippen LogP contribution is 2.35. The summed E-state index contributed by atoms with van der Waals surface area (Å²) in [5.41, 5.74) is 0. The molecule has 2 aliphatic heterocycles. The lowest BCUT2D eigenvalue weighted by molar-refractivity contribution is 0.0218. The van der Waals surface area contributed by atoms with E-state index >= 15 is 0 Å². The number of nitrogens with one attached hydrogen (secondary N) is 1. The zero-order valence-electron chi connectivity index (χ0n) is 13.0. The van der Waals surface area contributed by atoms with Crippen LogP contribution in [0.4, 0.5) is 0 Å². The fourth-order valence-corrected chi connectivity index (χ4v) is 4.38. The Morgan fingerprint density at radius 2 is 1.75 bits per heavy atom. The number of hydrogen-bond donors (Lipinski definition) is 1. The number of likely N-dealkylation sites (tertiary alicyclic amines) is 1. The van der Waals surface area contributed by atoms with Crippen LogP contribution in [0.1, 0.15) is 51.4 Å². The molecule has 0 spiro atoms. The Kier molecular flexibility index (Phi) is 5.75. The van der Waals surface area contributed by atoms with Crippen LogP contribution in [0.15, 0.2) is 0 Å². The number of nitrogens with zero attached hydrogens (tertiary/aromatic N) is 1. The molecule has 116 valence electrons. The van der Waals surface area contributed by atoms with E-state index in [4.69, 9.17) is 4.74 Å². The lowest BCUT2D eigenvalue weighted by Crippen LogP contribution is -2.42. The van der Waals surface area contributed by atoms with E-state index in [1.807, 2.05) is 0 Å². The summed E-state index contributed by atoms with van der Waals surface area (Å²) in [5, 5.41) is 3.40. The van der Waals surface area contributed by atoms with Gasteiger partial charge in [-0.2, -0.15) is 0 Å². The Hall–Kier alpha value is -0.120. The smallest absolute Gasteiger partial charge is 0.0599 e. The largest absolute Gasteiger partial charge is 0.378 e. The van der Waals surface area contributed by atoms with E-state index in [0.29, 0.717) is 6.10 Å². The van der Waals surface area contributed by atoms with Gasteiger partial charge in [0.1, 0.15) is 0 Å². The van der Waals surface area contributed by atoms with Gasteiger partial charge in [0.15, 0.2) is 0 Å². The number of hydrogen-bond acceptors (Lipinski definition) is 3. The van der Waals surface area contributed by atoms with Crippen molar-refractivity contribution in [1.82, 2.24) is 10.2 Å². The van der Waals surface area contributed by atoms with E-state index in [9.17, 15) is 0 Å². The van der Waals surface area contributed by atoms with Crippen molar-refractivity contribution in [3.63, 3.8) is 0 Å². The van der Waals surface area contributed by atoms with Crippen molar-refractivity contribution in [2.75, 3.05) is 39.3 Å². The summed E-state index contributed by atoms with van der Waals surface area (Å²) in [6.45, 7) is 7.22. The summed E-state index contributed by atoms with van der Waals surface area (Å²) in [7, 11) is 0. The minimum atomic E-state index is 0.528. The summed E-state index contributed by atoms with van der Waals surface area (Å²) in [6.07, 6.45) is 11.6. The van der Waals surface area contributed by atoms with Crippen molar-refractivity contribution in [3.8, 4) is 0 Å². The third-order valence-corrected chi connectivity index (χ3v) is 5.63. The highest BCUT2D eigenvalue weighted by atomic mass is 16.5. The van der Waals surface area contributed by atoms with Gasteiger partial charge < -0.3 is 15.0 Å². The predicted molar refractivity (Wildman–Crippen MR) is 83.0 cm³/mol. The van der Waals surface area contributed by atoms with Crippen molar-refractivity contribution in [2.24, 2.45) is 11.8 Å². The van der Waals surface area contributed by atoms with Gasteiger partial charge in [0, 0.05) is 19.7 Å². The van der Waals surface area contributed by atoms with E-state index in [-0.39, 0.29) is 0 Å². The van der Waals surface area contributed by atoms with E-state index in [2.05, 4.69) is 10.2 Å². The number of piperidine rings is 2. The van der Waals surface area contributed by atoms with E-state index < -0.39 is 0 Å². The first-order valence-corrected chi connectivity index (χ1v) is 8.96. The van der Waals surface area contributed by atoms with E-state index in [1.54, 1.807) is 0 Å². The Morgan fingerprint density at radius 1 is 0.950 bits per heavy atom. The molecule has 1 N–H and O–H groups in total. The van der Waals surface area contributed by atoms with E-state index in [1.165, 1.54) is 71.0 Å². The zero-order valence-corrected chi connectivity index (χ0v) is 13.0. The molecule has 3 heteroatoms. The van der Waals surface area contributed by atoms with Gasteiger partial charge in [-0.25, -0.2) is 0 Å². The minimum Gasteiger partial charge on any atom is -0.378 e. The van der Waals surface area contributed by atoms with E-state index in [0.717, 1.165) is 31.5 Å². The molecule has 0 aromatic rings. The van der Waals surface area contributed by atoms with Crippen molar-refractivity contribution in [2.45, 2.75) is 57.5 Å². The molecule has 2 unspecified atom stereocenters. The second-order valence-electron chi connectivity index (χ2n) is 7.07. The quantitative estimate of drug-likeness (QED) is 0.784. The molecule has 2 heterocycles. The summed E-state index contributed by atoms with van der Waals surface area (Å²) < 4.78 is 6.01. The maximum Gasteiger partial charge on any atom is 0.0599 e. The molecule has 2 saturated heterocycles. The van der Waals surface area contributed by atoms with Crippen molar-refractivity contribution in [3.05, 3.63) is 0 Å². The van der Waals surface area contributed by atoms with Crippen LogP contribution in [0.5, 0.6) is 0 Å². The molecule has 0 aromatic heterocycles. The van der Waals surface area contributed by atoms with Crippen molar-refractivity contribution >= 4 is 0 Å². The highest BCUT2D eigenvalue weighted by Gasteiger charge is 2.30. The van der Waals surface area contributed by atoms with Gasteiger partial charge in [-0.15, -0.1) is 0 Å². The maximum absolute atomic E-state index is 6.01. The lowest BCUT2D eigenvalue weighted by atomic mass is 9.75. The summed E-state index contributed by atoms with van der Waals surface area (Å²) in [5.74, 6) is 2.08. The first kappa shape index (κ1) is 14.8. The SMILES string of the molecule is C1CCC2CN(CCCOC3CCNCC3)CCC2C1. The second-order valence-corrected chi connectivity index (χ2v) is 7.07. The Morgan fingerprint density at radius 3 is 2.60 bits per heavy atom. The molecule has 1 saturated carbocycles. The molecule has 20 heavy (non-hydrogen) atoms. The first-order chi connectivity index (χ1) is 9.92. The van der Waals surface area contributed by atoms with Crippen LogP contribution in [0.25, 0.3) is 0 Å². The van der Waals surface area contributed by atoms with Crippen molar-refractivity contribution < 1.29 is 4.74 Å². The fourth-order valence-electron chi connectivity index (χ4n) is 4.38. The van der Waals surface area contributed by atoms with Crippen molar-refractivity contribution in [1.29, 1.82) is 0 Å². The molecule has 1 aliphatic carbocycles. The Balaban J connectivity index is 1.28. The van der Waals surface area contributed by atoms with Gasteiger partial charge >= 0.3 is 0 Å². The molecule has 0 bridgehead atoms. The molecule has 3 rings (SSSR count). The lowest BCUT2D eigenvalue weighted by Gasteiger charge is -2.41. The first-order valence-electron chi connectivity index (χ1n) is 8.96.